The third-order valence-electron chi connectivity index (χ3n) is 6.37. The lowest BCUT2D eigenvalue weighted by Gasteiger charge is -2.28. The first-order valence-corrected chi connectivity index (χ1v) is 11.6. The van der Waals surface area contributed by atoms with Crippen molar-refractivity contribution in [3.8, 4) is 11.5 Å². The Hall–Kier alpha value is -4.04. The number of carbonyl (C=O) groups is 2. The number of fused-ring (bicyclic) bond motifs is 1. The lowest BCUT2D eigenvalue weighted by molar-refractivity contribution is -0.132. The number of hydrogen-bond donors (Lipinski definition) is 1. The van der Waals surface area contributed by atoms with Gasteiger partial charge in [-0.25, -0.2) is 4.39 Å². The van der Waals surface area contributed by atoms with Crippen LogP contribution in [0.15, 0.2) is 66.2 Å². The van der Waals surface area contributed by atoms with Crippen LogP contribution in [0, 0.1) is 5.82 Å². The smallest absolute Gasteiger partial charge is 0.300 e. The largest absolute Gasteiger partial charge is 0.507 e. The van der Waals surface area contributed by atoms with Crippen LogP contribution >= 0.6 is 11.6 Å². The van der Waals surface area contributed by atoms with Gasteiger partial charge in [-0.2, -0.15) is 0 Å². The maximum atomic E-state index is 13.7. The molecule has 184 valence electrons. The Labute approximate surface area is 211 Å². The molecule has 36 heavy (non-hydrogen) atoms. The number of anilines is 2. The van der Waals surface area contributed by atoms with E-state index >= 15 is 0 Å². The van der Waals surface area contributed by atoms with Gasteiger partial charge in [0.15, 0.2) is 0 Å². The topological polar surface area (TPSA) is 79.3 Å². The minimum atomic E-state index is -1.01. The number of benzene rings is 3. The quantitative estimate of drug-likeness (QED) is 0.305. The predicted octanol–water partition coefficient (Wildman–Crippen LogP) is 4.94. The maximum Gasteiger partial charge on any atom is 0.300 e. The average molecular weight is 509 g/mol. The SMILES string of the molecule is COc1ccc(N2C(=O)C(=O)/C(=C(\O)c3ccc4c(c3)N(C)CCO4)C2c2ccc(F)cc2)cc1Cl. The summed E-state index contributed by atoms with van der Waals surface area (Å²) in [5, 5.41) is 11.6. The summed E-state index contributed by atoms with van der Waals surface area (Å²) >= 11 is 6.31. The van der Waals surface area contributed by atoms with E-state index in [9.17, 15) is 19.1 Å². The highest BCUT2D eigenvalue weighted by molar-refractivity contribution is 6.51. The number of aliphatic hydroxyl groups excluding tert-OH is 1. The third-order valence-corrected chi connectivity index (χ3v) is 6.67. The molecule has 1 fully saturated rings. The molecule has 2 heterocycles. The van der Waals surface area contributed by atoms with E-state index in [4.69, 9.17) is 21.1 Å². The molecule has 7 nitrogen and oxygen atoms in total. The van der Waals surface area contributed by atoms with Crippen LogP contribution in [0.2, 0.25) is 5.02 Å². The highest BCUT2D eigenvalue weighted by Gasteiger charge is 2.47. The minimum Gasteiger partial charge on any atom is -0.507 e. The third kappa shape index (κ3) is 3.93. The molecule has 0 bridgehead atoms. The van der Waals surface area contributed by atoms with Crippen molar-refractivity contribution in [2.24, 2.45) is 0 Å². The van der Waals surface area contributed by atoms with E-state index in [1.165, 1.54) is 42.3 Å². The Morgan fingerprint density at radius 1 is 1.11 bits per heavy atom. The number of likely N-dealkylation sites (N-methyl/N-ethyl adjacent to an activating group) is 1. The number of Topliss-reactive ketones (excluding diaryl/α,β-unsaturated/α-hetero) is 1. The molecule has 0 spiro atoms. The predicted molar refractivity (Wildman–Crippen MR) is 134 cm³/mol. The molecule has 1 atom stereocenters. The molecule has 5 rings (SSSR count). The van der Waals surface area contributed by atoms with Gasteiger partial charge in [0.1, 0.15) is 29.7 Å². The van der Waals surface area contributed by atoms with Crippen molar-refractivity contribution in [3.63, 3.8) is 0 Å². The number of hydrogen-bond acceptors (Lipinski definition) is 6. The summed E-state index contributed by atoms with van der Waals surface area (Å²) in [7, 11) is 3.36. The van der Waals surface area contributed by atoms with Crippen molar-refractivity contribution in [2.45, 2.75) is 6.04 Å². The fourth-order valence-corrected chi connectivity index (χ4v) is 4.77. The van der Waals surface area contributed by atoms with Crippen LogP contribution in [0.4, 0.5) is 15.8 Å². The molecule has 0 aliphatic carbocycles. The number of nitrogens with zero attached hydrogens (tertiary/aromatic N) is 2. The van der Waals surface area contributed by atoms with Crippen molar-refractivity contribution in [2.75, 3.05) is 37.1 Å². The normalized spacial score (nSPS) is 18.7. The summed E-state index contributed by atoms with van der Waals surface area (Å²) < 4.78 is 24.6. The second kappa shape index (κ2) is 9.20. The van der Waals surface area contributed by atoms with E-state index in [-0.39, 0.29) is 16.4 Å². The summed E-state index contributed by atoms with van der Waals surface area (Å²) in [6.07, 6.45) is 0. The Balaban J connectivity index is 1.69. The van der Waals surface area contributed by atoms with Gasteiger partial charge in [-0.05, 0) is 54.1 Å². The number of rotatable bonds is 4. The molecule has 3 aromatic rings. The van der Waals surface area contributed by atoms with Gasteiger partial charge in [-0.1, -0.05) is 23.7 Å². The summed E-state index contributed by atoms with van der Waals surface area (Å²) in [6, 6.07) is 14.2. The van der Waals surface area contributed by atoms with Crippen LogP contribution < -0.4 is 19.3 Å². The van der Waals surface area contributed by atoms with Crippen LogP contribution in [0.25, 0.3) is 5.76 Å². The molecular formula is C27H22ClFN2O5. The molecule has 2 aliphatic rings. The fraction of sp³-hybridized carbons (Fsp3) is 0.185. The van der Waals surface area contributed by atoms with E-state index in [1.54, 1.807) is 30.3 Å². The van der Waals surface area contributed by atoms with Gasteiger partial charge in [-0.15, -0.1) is 0 Å². The van der Waals surface area contributed by atoms with Crippen LogP contribution in [-0.2, 0) is 9.59 Å². The number of amides is 1. The van der Waals surface area contributed by atoms with Gasteiger partial charge >= 0.3 is 0 Å². The second-order valence-electron chi connectivity index (χ2n) is 8.49. The Bertz CT molecular complexity index is 1410. The highest BCUT2D eigenvalue weighted by atomic mass is 35.5. The fourth-order valence-electron chi connectivity index (χ4n) is 4.52. The van der Waals surface area contributed by atoms with Gasteiger partial charge in [0, 0.05) is 18.3 Å². The first-order chi connectivity index (χ1) is 17.3. The van der Waals surface area contributed by atoms with Gasteiger partial charge in [0.05, 0.1) is 36.0 Å². The van der Waals surface area contributed by atoms with Crippen molar-refractivity contribution in [1.82, 2.24) is 0 Å². The molecule has 1 amide bonds. The summed E-state index contributed by atoms with van der Waals surface area (Å²) in [5.74, 6) is -1.46. The number of ketones is 1. The Kier molecular flexibility index (Phi) is 6.05. The van der Waals surface area contributed by atoms with Crippen LogP contribution in [0.1, 0.15) is 17.2 Å². The molecule has 3 aromatic carbocycles. The first-order valence-electron chi connectivity index (χ1n) is 11.2. The molecule has 0 saturated carbocycles. The maximum absolute atomic E-state index is 13.7. The van der Waals surface area contributed by atoms with Crippen LogP contribution in [0.3, 0.4) is 0 Å². The summed E-state index contributed by atoms with van der Waals surface area (Å²) in [4.78, 5) is 29.9. The van der Waals surface area contributed by atoms with E-state index in [2.05, 4.69) is 0 Å². The number of aliphatic hydroxyl groups is 1. The van der Waals surface area contributed by atoms with Gasteiger partial charge in [-0.3, -0.25) is 14.5 Å². The molecule has 1 saturated heterocycles. The standard InChI is InChI=1S/C27H22ClFN2O5/c1-30-11-12-36-22-9-5-16(13-20(22)30)25(32)23-24(15-3-6-17(29)7-4-15)31(27(34)26(23)33)18-8-10-21(35-2)19(28)14-18/h3-10,13-14,24,32H,11-12H2,1-2H3/b25-23-. The number of halogens is 2. The highest BCUT2D eigenvalue weighted by Crippen LogP contribution is 2.44. The van der Waals surface area contributed by atoms with E-state index in [0.717, 1.165) is 5.69 Å². The number of methoxy groups -OCH3 is 1. The number of carbonyl (C=O) groups excluding carboxylic acids is 2. The molecule has 0 radical (unpaired) electrons. The van der Waals surface area contributed by atoms with E-state index < -0.39 is 23.5 Å². The van der Waals surface area contributed by atoms with Crippen LogP contribution in [0.5, 0.6) is 11.5 Å². The van der Waals surface area contributed by atoms with Crippen molar-refractivity contribution >= 4 is 40.4 Å². The summed E-state index contributed by atoms with van der Waals surface area (Å²) in [5.41, 5.74) is 1.76. The van der Waals surface area contributed by atoms with Crippen molar-refractivity contribution < 1.29 is 28.6 Å². The Morgan fingerprint density at radius 3 is 2.56 bits per heavy atom. The zero-order chi connectivity index (χ0) is 25.6. The molecule has 2 aliphatic heterocycles. The molecular weight excluding hydrogens is 487 g/mol. The van der Waals surface area contributed by atoms with Gasteiger partial charge in [0.25, 0.3) is 11.7 Å². The minimum absolute atomic E-state index is 0.113. The van der Waals surface area contributed by atoms with E-state index in [1.807, 2.05) is 11.9 Å². The molecule has 0 aromatic heterocycles. The van der Waals surface area contributed by atoms with Gasteiger partial charge < -0.3 is 19.5 Å². The molecule has 1 N–H and O–H groups in total. The molecule has 1 unspecified atom stereocenters. The average Bonchev–Trinajstić information content (AvgIpc) is 3.14. The summed E-state index contributed by atoms with van der Waals surface area (Å²) in [6.45, 7) is 1.20. The van der Waals surface area contributed by atoms with Crippen molar-refractivity contribution in [3.05, 3.63) is 88.2 Å². The van der Waals surface area contributed by atoms with Gasteiger partial charge in [0.2, 0.25) is 0 Å². The Morgan fingerprint density at radius 2 is 1.86 bits per heavy atom. The number of ether oxygens (including phenoxy) is 2. The first kappa shape index (κ1) is 23.7. The second-order valence-corrected chi connectivity index (χ2v) is 8.90. The van der Waals surface area contributed by atoms with Crippen LogP contribution in [-0.4, -0.2) is 44.1 Å². The lowest BCUT2D eigenvalue weighted by atomic mass is 9.94. The van der Waals surface area contributed by atoms with E-state index in [0.29, 0.717) is 41.5 Å². The molecule has 9 heteroatoms. The monoisotopic (exact) mass is 508 g/mol. The van der Waals surface area contributed by atoms with Crippen molar-refractivity contribution in [1.29, 1.82) is 0 Å². The lowest BCUT2D eigenvalue weighted by Crippen LogP contribution is -2.29. The zero-order valence-electron chi connectivity index (χ0n) is 19.5. The zero-order valence-corrected chi connectivity index (χ0v) is 20.3.